The van der Waals surface area contributed by atoms with E-state index in [0.717, 1.165) is 51.8 Å². The number of carbonyl (C=O) groups is 1. The number of aromatic amines is 1. The lowest BCUT2D eigenvalue weighted by Crippen LogP contribution is -2.45. The van der Waals surface area contributed by atoms with Gasteiger partial charge in [-0.3, -0.25) is 4.79 Å². The fourth-order valence-electron chi connectivity index (χ4n) is 5.72. The number of pyridine rings is 1. The third kappa shape index (κ3) is 4.71. The van der Waals surface area contributed by atoms with Crippen LogP contribution >= 0.6 is 0 Å². The zero-order chi connectivity index (χ0) is 28.1. The van der Waals surface area contributed by atoms with Gasteiger partial charge in [0.25, 0.3) is 5.91 Å². The number of nitrogens with two attached hydrogens (primary N) is 1. The highest BCUT2D eigenvalue weighted by Gasteiger charge is 2.30. The molecular formula is C29H32FN9O2. The second kappa shape index (κ2) is 10.3. The number of benzene rings is 1. The number of H-pyrrole nitrogens is 1. The Morgan fingerprint density at radius 3 is 2.90 bits per heavy atom. The summed E-state index contributed by atoms with van der Waals surface area (Å²) in [4.78, 5) is 24.7. The highest BCUT2D eigenvalue weighted by atomic mass is 19.1. The first-order chi connectivity index (χ1) is 20.0. The fraction of sp³-hybridized carbons (Fsp3) is 0.414. The van der Waals surface area contributed by atoms with Crippen molar-refractivity contribution in [2.45, 2.75) is 38.3 Å². The van der Waals surface area contributed by atoms with Crippen molar-refractivity contribution in [2.75, 3.05) is 26.4 Å². The minimum atomic E-state index is -0.691. The summed E-state index contributed by atoms with van der Waals surface area (Å²) in [6, 6.07) is 9.41. The number of nitrogens with zero attached hydrogens (tertiary/aromatic N) is 7. The number of imidazole rings is 1. The summed E-state index contributed by atoms with van der Waals surface area (Å²) in [5.41, 5.74) is 11.3. The maximum atomic E-state index is 13.2. The van der Waals surface area contributed by atoms with Crippen LogP contribution in [0.15, 0.2) is 36.5 Å². The van der Waals surface area contributed by atoms with Crippen LogP contribution in [0.1, 0.15) is 34.6 Å². The molecule has 1 atom stereocenters. The SMILES string of the molecule is Cn1c(-c2cc3cccc(OCCc4cn[nH]n4)c3n2CC2CC2)nc2cc3c(nc21)CCN(C[C@H](N)CF)C3=O. The van der Waals surface area contributed by atoms with Gasteiger partial charge in [-0.25, -0.2) is 14.4 Å². The van der Waals surface area contributed by atoms with Gasteiger partial charge in [0.1, 0.15) is 17.9 Å². The molecule has 4 aromatic heterocycles. The van der Waals surface area contributed by atoms with Gasteiger partial charge >= 0.3 is 0 Å². The molecule has 1 fully saturated rings. The number of carbonyl (C=O) groups excluding carboxylic acids is 1. The molecule has 7 rings (SSSR count). The number of alkyl halides is 1. The van der Waals surface area contributed by atoms with E-state index in [0.29, 0.717) is 43.0 Å². The average Bonchev–Trinajstić information content (AvgIpc) is 3.35. The number of aryl methyl sites for hydroxylation is 1. The summed E-state index contributed by atoms with van der Waals surface area (Å²) in [7, 11) is 1.97. The van der Waals surface area contributed by atoms with Gasteiger partial charge in [-0.1, -0.05) is 12.1 Å². The molecule has 1 aliphatic heterocycles. The molecule has 1 aliphatic carbocycles. The molecule has 41 heavy (non-hydrogen) atoms. The monoisotopic (exact) mass is 557 g/mol. The topological polar surface area (TPSA) is 133 Å². The minimum Gasteiger partial charge on any atom is -0.491 e. The maximum absolute atomic E-state index is 13.2. The van der Waals surface area contributed by atoms with Crippen molar-refractivity contribution in [1.29, 1.82) is 0 Å². The Labute approximate surface area is 235 Å². The standard InChI is InChI=1S/C29H32FN9O2/c1-37-27-23(12-21-22(33-27)7-9-38(29(21)40)16-19(31)13-30)34-28(37)24-11-18-3-2-4-25(26(18)39(24)15-17-5-6-17)41-10-8-20-14-32-36-35-20/h2-4,11-12,14,17,19H,5-10,13,15-16,31H2,1H3,(H,32,35,36)/t19-/m1/s1. The lowest BCUT2D eigenvalue weighted by atomic mass is 10.0. The van der Waals surface area contributed by atoms with Gasteiger partial charge in [0, 0.05) is 44.9 Å². The predicted octanol–water partition coefficient (Wildman–Crippen LogP) is 3.03. The highest BCUT2D eigenvalue weighted by Crippen LogP contribution is 2.39. The van der Waals surface area contributed by atoms with E-state index in [2.05, 4.69) is 32.1 Å². The zero-order valence-electron chi connectivity index (χ0n) is 22.9. The number of ether oxygens (including phenoxy) is 1. The van der Waals surface area contributed by atoms with E-state index in [1.807, 2.05) is 29.8 Å². The van der Waals surface area contributed by atoms with Crippen LogP contribution < -0.4 is 10.5 Å². The van der Waals surface area contributed by atoms with Gasteiger partial charge in [0.05, 0.1) is 47.0 Å². The molecule has 12 heteroatoms. The Morgan fingerprint density at radius 2 is 2.12 bits per heavy atom. The first kappa shape index (κ1) is 25.6. The van der Waals surface area contributed by atoms with E-state index in [1.54, 1.807) is 11.1 Å². The summed E-state index contributed by atoms with van der Waals surface area (Å²) in [5, 5.41) is 11.7. The van der Waals surface area contributed by atoms with Crippen LogP contribution in [-0.2, 0) is 26.4 Å². The molecule has 2 aliphatic rings. The Hall–Kier alpha value is -4.32. The second-order valence-electron chi connectivity index (χ2n) is 11.1. The number of hydrogen-bond donors (Lipinski definition) is 2. The fourth-order valence-corrected chi connectivity index (χ4v) is 5.72. The smallest absolute Gasteiger partial charge is 0.255 e. The lowest BCUT2D eigenvalue weighted by Gasteiger charge is -2.29. The van der Waals surface area contributed by atoms with E-state index >= 15 is 0 Å². The lowest BCUT2D eigenvalue weighted by molar-refractivity contribution is 0.0723. The molecule has 3 N–H and O–H groups in total. The zero-order valence-corrected chi connectivity index (χ0v) is 22.9. The molecule has 0 spiro atoms. The number of nitrogens with one attached hydrogen (secondary N) is 1. The summed E-state index contributed by atoms with van der Waals surface area (Å²) >= 11 is 0. The molecule has 5 aromatic rings. The van der Waals surface area contributed by atoms with Gasteiger partial charge < -0.3 is 24.5 Å². The van der Waals surface area contributed by atoms with Gasteiger partial charge in [-0.15, -0.1) is 0 Å². The van der Waals surface area contributed by atoms with Crippen LogP contribution in [0.5, 0.6) is 5.75 Å². The van der Waals surface area contributed by atoms with Crippen molar-refractivity contribution < 1.29 is 13.9 Å². The molecule has 0 unspecified atom stereocenters. The predicted molar refractivity (Wildman–Crippen MR) is 151 cm³/mol. The largest absolute Gasteiger partial charge is 0.491 e. The summed E-state index contributed by atoms with van der Waals surface area (Å²) in [6.45, 7) is 1.35. The number of aromatic nitrogens is 7. The van der Waals surface area contributed by atoms with Crippen LogP contribution in [0.2, 0.25) is 0 Å². The highest BCUT2D eigenvalue weighted by molar-refractivity contribution is 5.99. The molecule has 11 nitrogen and oxygen atoms in total. The summed E-state index contributed by atoms with van der Waals surface area (Å²) in [6.07, 6.45) is 5.36. The van der Waals surface area contributed by atoms with Crippen molar-refractivity contribution in [3.63, 3.8) is 0 Å². The van der Waals surface area contributed by atoms with Crippen molar-refractivity contribution in [2.24, 2.45) is 18.7 Å². The van der Waals surface area contributed by atoms with Crippen molar-refractivity contribution in [1.82, 2.24) is 39.4 Å². The normalized spacial score (nSPS) is 16.1. The van der Waals surface area contributed by atoms with Crippen molar-refractivity contribution >= 4 is 28.0 Å². The Balaban J connectivity index is 1.27. The molecule has 0 saturated heterocycles. The van der Waals surface area contributed by atoms with E-state index in [9.17, 15) is 9.18 Å². The number of rotatable bonds is 10. The van der Waals surface area contributed by atoms with Gasteiger partial charge in [-0.05, 0) is 37.0 Å². The van der Waals surface area contributed by atoms with Gasteiger partial charge in [0.15, 0.2) is 11.5 Å². The van der Waals surface area contributed by atoms with Crippen LogP contribution in [-0.4, -0.2) is 77.7 Å². The summed E-state index contributed by atoms with van der Waals surface area (Å²) in [5.74, 6) is 2.05. The molecule has 0 bridgehead atoms. The molecule has 1 amide bonds. The molecule has 1 saturated carbocycles. The van der Waals surface area contributed by atoms with E-state index < -0.39 is 12.7 Å². The number of halogens is 1. The van der Waals surface area contributed by atoms with Gasteiger partial charge in [0.2, 0.25) is 0 Å². The van der Waals surface area contributed by atoms with Crippen molar-refractivity contribution in [3.05, 3.63) is 53.5 Å². The molecular weight excluding hydrogens is 525 g/mol. The van der Waals surface area contributed by atoms with Crippen LogP contribution in [0.4, 0.5) is 4.39 Å². The summed E-state index contributed by atoms with van der Waals surface area (Å²) < 4.78 is 23.6. The van der Waals surface area contributed by atoms with E-state index in [1.165, 1.54) is 12.8 Å². The molecule has 212 valence electrons. The number of hydrogen-bond acceptors (Lipinski definition) is 7. The van der Waals surface area contributed by atoms with Gasteiger partial charge in [-0.2, -0.15) is 15.4 Å². The number of para-hydroxylation sites is 1. The van der Waals surface area contributed by atoms with Crippen molar-refractivity contribution in [3.8, 4) is 17.3 Å². The average molecular weight is 558 g/mol. The minimum absolute atomic E-state index is 0.174. The number of fused-ring (bicyclic) bond motifs is 3. The first-order valence-corrected chi connectivity index (χ1v) is 14.1. The number of amides is 1. The Kier molecular flexibility index (Phi) is 6.41. The van der Waals surface area contributed by atoms with E-state index in [-0.39, 0.29) is 12.5 Å². The quantitative estimate of drug-likeness (QED) is 0.270. The van der Waals surface area contributed by atoms with E-state index in [4.69, 9.17) is 20.4 Å². The molecule has 1 aromatic carbocycles. The molecule has 5 heterocycles. The second-order valence-corrected chi connectivity index (χ2v) is 11.1. The molecule has 0 radical (unpaired) electrons. The maximum Gasteiger partial charge on any atom is 0.255 e. The van der Waals surface area contributed by atoms with Crippen LogP contribution in [0.3, 0.4) is 0 Å². The van der Waals surface area contributed by atoms with Crippen LogP contribution in [0.25, 0.3) is 33.6 Å². The first-order valence-electron chi connectivity index (χ1n) is 14.1. The Morgan fingerprint density at radius 1 is 1.24 bits per heavy atom. The third-order valence-corrected chi connectivity index (χ3v) is 8.04. The third-order valence-electron chi connectivity index (χ3n) is 8.04. The van der Waals surface area contributed by atoms with Crippen LogP contribution in [0, 0.1) is 5.92 Å². The Bertz CT molecular complexity index is 1740.